The number of anilines is 1. The fourth-order valence-electron chi connectivity index (χ4n) is 4.60. The highest BCUT2D eigenvalue weighted by atomic mass is 16.6. The Morgan fingerprint density at radius 1 is 0.974 bits per heavy atom. The van der Waals surface area contributed by atoms with Gasteiger partial charge in [0.1, 0.15) is 24.2 Å². The zero-order chi connectivity index (χ0) is 27.9. The number of methoxy groups -OCH3 is 2. The van der Waals surface area contributed by atoms with Crippen molar-refractivity contribution >= 4 is 23.4 Å². The molecule has 0 aliphatic carbocycles. The van der Waals surface area contributed by atoms with Crippen LogP contribution >= 0.6 is 0 Å². The van der Waals surface area contributed by atoms with Gasteiger partial charge in [-0.15, -0.1) is 0 Å². The molecule has 3 atom stereocenters. The normalized spacial score (nSPS) is 18.5. The molecule has 0 aromatic heterocycles. The van der Waals surface area contributed by atoms with Gasteiger partial charge in [0.2, 0.25) is 0 Å². The van der Waals surface area contributed by atoms with Crippen molar-refractivity contribution in [2.45, 2.75) is 25.6 Å². The van der Waals surface area contributed by atoms with Crippen LogP contribution in [0.1, 0.15) is 24.0 Å². The van der Waals surface area contributed by atoms with Crippen LogP contribution < -0.4 is 15.0 Å². The molecular weight excluding hydrogens is 502 g/mol. The van der Waals surface area contributed by atoms with Crippen LogP contribution in [0.4, 0.5) is 16.2 Å². The number of hydrogen-bond acceptors (Lipinski definition) is 8. The van der Waals surface area contributed by atoms with E-state index in [0.29, 0.717) is 11.4 Å². The van der Waals surface area contributed by atoms with Gasteiger partial charge in [-0.3, -0.25) is 10.1 Å². The van der Waals surface area contributed by atoms with Crippen molar-refractivity contribution in [3.05, 3.63) is 112 Å². The third-order valence-corrected chi connectivity index (χ3v) is 6.65. The number of nitrogens with one attached hydrogen (secondary N) is 1. The minimum Gasteiger partial charge on any atom is -0.497 e. The smallest absolute Gasteiger partial charge is 0.409 e. The summed E-state index contributed by atoms with van der Waals surface area (Å²) in [5.74, 6) is -0.655. The molecule has 1 N–H and O–H groups in total. The van der Waals surface area contributed by atoms with E-state index in [1.807, 2.05) is 37.3 Å². The van der Waals surface area contributed by atoms with Crippen LogP contribution in [0.25, 0.3) is 0 Å². The first-order chi connectivity index (χ1) is 18.8. The van der Waals surface area contributed by atoms with Gasteiger partial charge >= 0.3 is 12.1 Å². The molecule has 3 aromatic rings. The molecule has 1 amide bonds. The number of benzene rings is 3. The Morgan fingerprint density at radius 3 is 2.23 bits per heavy atom. The Kier molecular flexibility index (Phi) is 8.45. The topological polar surface area (TPSA) is 120 Å². The molecule has 10 heteroatoms. The fourth-order valence-corrected chi connectivity index (χ4v) is 4.60. The van der Waals surface area contributed by atoms with Crippen LogP contribution in [0.5, 0.6) is 5.75 Å². The Balaban J connectivity index is 1.73. The van der Waals surface area contributed by atoms with Crippen molar-refractivity contribution < 1.29 is 28.7 Å². The number of non-ortho nitro benzene ring substituents is 1. The summed E-state index contributed by atoms with van der Waals surface area (Å²) in [4.78, 5) is 38.5. The molecule has 39 heavy (non-hydrogen) atoms. The Bertz CT molecular complexity index is 1340. The second-order valence-electron chi connectivity index (χ2n) is 9.00. The molecule has 4 rings (SSSR count). The molecule has 10 nitrogen and oxygen atoms in total. The number of amides is 1. The van der Waals surface area contributed by atoms with Gasteiger partial charge in [0, 0.05) is 29.7 Å². The summed E-state index contributed by atoms with van der Waals surface area (Å²) < 4.78 is 15.9. The molecule has 0 saturated carbocycles. The molecule has 0 saturated heterocycles. The molecule has 0 bridgehead atoms. The van der Waals surface area contributed by atoms with E-state index in [0.717, 1.165) is 11.1 Å². The first-order valence-corrected chi connectivity index (χ1v) is 12.3. The van der Waals surface area contributed by atoms with E-state index in [1.54, 1.807) is 54.5 Å². The lowest BCUT2D eigenvalue weighted by Crippen LogP contribution is -2.56. The average molecular weight is 532 g/mol. The number of alkyl carbamates (subject to hydrolysis) is 1. The summed E-state index contributed by atoms with van der Waals surface area (Å²) in [6.45, 7) is 2.00. The van der Waals surface area contributed by atoms with Gasteiger partial charge in [-0.1, -0.05) is 49.4 Å². The maximum Gasteiger partial charge on any atom is 0.409 e. The number of carbonyl (C=O) groups excluding carboxylic acids is 2. The van der Waals surface area contributed by atoms with E-state index >= 15 is 0 Å². The van der Waals surface area contributed by atoms with Crippen molar-refractivity contribution in [2.75, 3.05) is 19.1 Å². The van der Waals surface area contributed by atoms with E-state index < -0.39 is 23.2 Å². The highest BCUT2D eigenvalue weighted by molar-refractivity contribution is 5.94. The number of esters is 1. The average Bonchev–Trinajstić information content (AvgIpc) is 2.97. The minimum atomic E-state index is -0.735. The lowest BCUT2D eigenvalue weighted by molar-refractivity contribution is -0.384. The lowest BCUT2D eigenvalue weighted by atomic mass is 9.80. The first-order valence-electron chi connectivity index (χ1n) is 12.3. The molecule has 0 unspecified atom stereocenters. The zero-order valence-corrected chi connectivity index (χ0v) is 21.8. The number of ether oxygens (including phenoxy) is 3. The number of rotatable bonds is 8. The van der Waals surface area contributed by atoms with Gasteiger partial charge in [-0.25, -0.2) is 9.59 Å². The fraction of sp³-hybridized carbons (Fsp3) is 0.241. The standard InChI is InChI=1S/C29H29N3O7/c1-19-25(21-9-11-23(12-10-21)32(35)36)17-26(28(33)38-3)31(22-13-15-24(37-2)16-14-22)27(19)30-29(34)39-18-20-7-5-4-6-8-20/h4-17,19,25,27H,18H2,1-3H3,(H,30,34)/t19-,25+,27-/m1/s1. The minimum absolute atomic E-state index is 0.0431. The number of hydrogen-bond donors (Lipinski definition) is 1. The molecule has 1 aliphatic heterocycles. The van der Waals surface area contributed by atoms with E-state index in [4.69, 9.17) is 14.2 Å². The number of nitrogens with zero attached hydrogens (tertiary/aromatic N) is 2. The molecule has 0 radical (unpaired) electrons. The highest BCUT2D eigenvalue weighted by Gasteiger charge is 2.41. The highest BCUT2D eigenvalue weighted by Crippen LogP contribution is 2.40. The molecule has 0 spiro atoms. The van der Waals surface area contributed by atoms with E-state index in [-0.39, 0.29) is 29.8 Å². The van der Waals surface area contributed by atoms with Crippen LogP contribution in [-0.4, -0.2) is 37.4 Å². The van der Waals surface area contributed by atoms with Crippen LogP contribution in [0, 0.1) is 16.0 Å². The summed E-state index contributed by atoms with van der Waals surface area (Å²) in [6, 6.07) is 22.5. The van der Waals surface area contributed by atoms with Crippen molar-refractivity contribution in [1.29, 1.82) is 0 Å². The SMILES string of the molecule is COC(=O)C1=C[C@H](c2ccc([N+](=O)[O-])cc2)[C@@H](C)[C@H](NC(=O)OCc2ccccc2)N1c1ccc(OC)cc1. The predicted molar refractivity (Wildman–Crippen MR) is 144 cm³/mol. The summed E-state index contributed by atoms with van der Waals surface area (Å²) in [7, 11) is 2.84. The third kappa shape index (κ3) is 6.18. The Hall–Kier alpha value is -4.86. The van der Waals surface area contributed by atoms with Gasteiger partial charge in [0.05, 0.1) is 19.1 Å². The van der Waals surface area contributed by atoms with Crippen LogP contribution in [0.15, 0.2) is 90.6 Å². The number of carbonyl (C=O) groups is 2. The Morgan fingerprint density at radius 2 is 1.64 bits per heavy atom. The molecule has 0 fully saturated rings. The zero-order valence-electron chi connectivity index (χ0n) is 21.8. The van der Waals surface area contributed by atoms with Crippen molar-refractivity contribution in [3.8, 4) is 5.75 Å². The summed E-state index contributed by atoms with van der Waals surface area (Å²) in [5.41, 5.74) is 2.36. The molecular formula is C29H29N3O7. The molecule has 3 aromatic carbocycles. The summed E-state index contributed by atoms with van der Waals surface area (Å²) in [5, 5.41) is 14.1. The van der Waals surface area contributed by atoms with Gasteiger partial charge in [-0.2, -0.15) is 0 Å². The predicted octanol–water partition coefficient (Wildman–Crippen LogP) is 5.15. The lowest BCUT2D eigenvalue weighted by Gasteiger charge is -2.44. The van der Waals surface area contributed by atoms with E-state index in [2.05, 4.69) is 5.32 Å². The monoisotopic (exact) mass is 531 g/mol. The largest absolute Gasteiger partial charge is 0.497 e. The Labute approximate surface area is 225 Å². The van der Waals surface area contributed by atoms with Crippen LogP contribution in [-0.2, 0) is 20.9 Å². The second-order valence-corrected chi connectivity index (χ2v) is 9.00. The van der Waals surface area contributed by atoms with E-state index in [9.17, 15) is 19.7 Å². The summed E-state index contributed by atoms with van der Waals surface area (Å²) in [6.07, 6.45) is 0.360. The van der Waals surface area contributed by atoms with Crippen molar-refractivity contribution in [1.82, 2.24) is 5.32 Å². The molecule has 202 valence electrons. The number of nitro groups is 1. The summed E-state index contributed by atoms with van der Waals surface area (Å²) >= 11 is 0. The van der Waals surface area contributed by atoms with Crippen LogP contribution in [0.3, 0.4) is 0 Å². The van der Waals surface area contributed by atoms with Crippen molar-refractivity contribution in [2.24, 2.45) is 5.92 Å². The molecule has 1 aliphatic rings. The first kappa shape index (κ1) is 27.2. The number of allylic oxidation sites excluding steroid dienone is 1. The quantitative estimate of drug-likeness (QED) is 0.241. The maximum absolute atomic E-state index is 13.1. The van der Waals surface area contributed by atoms with Gasteiger partial charge < -0.3 is 24.4 Å². The van der Waals surface area contributed by atoms with Crippen LogP contribution in [0.2, 0.25) is 0 Å². The van der Waals surface area contributed by atoms with Crippen molar-refractivity contribution in [3.63, 3.8) is 0 Å². The maximum atomic E-state index is 13.1. The molecule has 1 heterocycles. The second kappa shape index (κ2) is 12.1. The van der Waals surface area contributed by atoms with E-state index in [1.165, 1.54) is 19.2 Å². The van der Waals surface area contributed by atoms with Gasteiger partial charge in [0.25, 0.3) is 5.69 Å². The third-order valence-electron chi connectivity index (χ3n) is 6.65. The van der Waals surface area contributed by atoms with Gasteiger partial charge in [0.15, 0.2) is 0 Å². The number of nitro benzene ring substituents is 1. The van der Waals surface area contributed by atoms with Gasteiger partial charge in [-0.05, 0) is 41.5 Å².